The van der Waals surface area contributed by atoms with Gasteiger partial charge >= 0.3 is 5.97 Å². The molecule has 2 aromatic rings. The van der Waals surface area contributed by atoms with Crippen LogP contribution in [0, 0.1) is 0 Å². The maximum Gasteiger partial charge on any atom is 0.339 e. The topological polar surface area (TPSA) is 64.3 Å². The van der Waals surface area contributed by atoms with Gasteiger partial charge in [-0.05, 0) is 24.5 Å². The predicted octanol–water partition coefficient (Wildman–Crippen LogP) is 2.44. The average molecular weight is 278 g/mol. The van der Waals surface area contributed by atoms with Gasteiger partial charge in [0.05, 0.1) is 24.2 Å². The molecule has 6 heteroatoms. The molecule has 0 amide bonds. The largest absolute Gasteiger partial charge is 0.478 e. The van der Waals surface area contributed by atoms with Crippen LogP contribution in [0.1, 0.15) is 16.1 Å². The van der Waals surface area contributed by atoms with E-state index in [0.29, 0.717) is 5.69 Å². The number of carbonyl (C=O) groups is 1. The van der Waals surface area contributed by atoms with E-state index in [1.54, 1.807) is 16.4 Å². The number of carboxylic acid groups (broad SMARTS) is 1. The van der Waals surface area contributed by atoms with Crippen molar-refractivity contribution < 1.29 is 14.6 Å². The van der Waals surface area contributed by atoms with E-state index in [0.717, 1.165) is 10.6 Å². The zero-order valence-corrected chi connectivity index (χ0v) is 11.5. The van der Waals surface area contributed by atoms with Crippen LogP contribution in [0.4, 0.5) is 0 Å². The lowest BCUT2D eigenvalue weighted by molar-refractivity contribution is 0.0691. The van der Waals surface area contributed by atoms with Crippen LogP contribution in [-0.2, 0) is 11.3 Å². The van der Waals surface area contributed by atoms with Gasteiger partial charge in [-0.15, -0.1) is 11.8 Å². The van der Waals surface area contributed by atoms with E-state index in [1.807, 2.05) is 30.5 Å². The minimum Gasteiger partial charge on any atom is -0.478 e. The molecule has 0 saturated heterocycles. The second kappa shape index (κ2) is 5.90. The van der Waals surface area contributed by atoms with Gasteiger partial charge < -0.3 is 9.84 Å². The van der Waals surface area contributed by atoms with Gasteiger partial charge in [0.15, 0.2) is 0 Å². The highest BCUT2D eigenvalue weighted by molar-refractivity contribution is 7.98. The standard InChI is InChI=1S/C13H14N2O3S/c1-18-8-12-11(13(16)17)7-14-15(12)9-4-3-5-10(6-9)19-2/h3-7H,8H2,1-2H3,(H,16,17). The Morgan fingerprint density at radius 1 is 1.53 bits per heavy atom. The van der Waals surface area contributed by atoms with Crippen molar-refractivity contribution in [2.75, 3.05) is 13.4 Å². The number of thioether (sulfide) groups is 1. The molecule has 19 heavy (non-hydrogen) atoms. The first kappa shape index (κ1) is 13.6. The number of benzene rings is 1. The molecule has 0 saturated carbocycles. The molecule has 0 aliphatic heterocycles. The molecule has 0 spiro atoms. The van der Waals surface area contributed by atoms with Gasteiger partial charge in [0, 0.05) is 12.0 Å². The summed E-state index contributed by atoms with van der Waals surface area (Å²) in [6.45, 7) is 0.200. The number of hydrogen-bond donors (Lipinski definition) is 1. The van der Waals surface area contributed by atoms with Crippen molar-refractivity contribution in [3.05, 3.63) is 41.7 Å². The molecule has 100 valence electrons. The summed E-state index contributed by atoms with van der Waals surface area (Å²) in [5, 5.41) is 13.3. The molecule has 0 aliphatic rings. The molecule has 0 radical (unpaired) electrons. The molecule has 0 aliphatic carbocycles. The van der Waals surface area contributed by atoms with E-state index >= 15 is 0 Å². The molecule has 1 heterocycles. The number of nitrogens with zero attached hydrogens (tertiary/aromatic N) is 2. The third kappa shape index (κ3) is 2.80. The van der Waals surface area contributed by atoms with Crippen LogP contribution < -0.4 is 0 Å². The zero-order valence-electron chi connectivity index (χ0n) is 10.7. The van der Waals surface area contributed by atoms with Gasteiger partial charge in [0.25, 0.3) is 0 Å². The summed E-state index contributed by atoms with van der Waals surface area (Å²) in [7, 11) is 1.53. The van der Waals surface area contributed by atoms with Crippen molar-refractivity contribution >= 4 is 17.7 Å². The Balaban J connectivity index is 2.51. The summed E-state index contributed by atoms with van der Waals surface area (Å²) < 4.78 is 6.67. The normalized spacial score (nSPS) is 10.6. The minimum absolute atomic E-state index is 0.163. The smallest absolute Gasteiger partial charge is 0.339 e. The lowest BCUT2D eigenvalue weighted by Crippen LogP contribution is -2.07. The molecule has 5 nitrogen and oxygen atoms in total. The highest BCUT2D eigenvalue weighted by Crippen LogP contribution is 2.21. The first-order chi connectivity index (χ1) is 9.17. The molecule has 0 atom stereocenters. The monoisotopic (exact) mass is 278 g/mol. The number of rotatable bonds is 5. The Labute approximate surface area is 115 Å². The van der Waals surface area contributed by atoms with Crippen molar-refractivity contribution in [1.82, 2.24) is 9.78 Å². The Kier molecular flexibility index (Phi) is 4.24. The molecular weight excluding hydrogens is 264 g/mol. The van der Waals surface area contributed by atoms with E-state index < -0.39 is 5.97 Å². The van der Waals surface area contributed by atoms with Gasteiger partial charge in [-0.25, -0.2) is 9.48 Å². The molecule has 0 unspecified atom stereocenters. The molecule has 2 rings (SSSR count). The van der Waals surface area contributed by atoms with Crippen LogP contribution in [0.2, 0.25) is 0 Å². The highest BCUT2D eigenvalue weighted by atomic mass is 32.2. The van der Waals surface area contributed by atoms with Crippen molar-refractivity contribution in [3.8, 4) is 5.69 Å². The maximum atomic E-state index is 11.2. The van der Waals surface area contributed by atoms with Crippen molar-refractivity contribution in [3.63, 3.8) is 0 Å². The molecule has 1 N–H and O–H groups in total. The number of hydrogen-bond acceptors (Lipinski definition) is 4. The van der Waals surface area contributed by atoms with Crippen molar-refractivity contribution in [2.45, 2.75) is 11.5 Å². The van der Waals surface area contributed by atoms with Crippen molar-refractivity contribution in [1.29, 1.82) is 0 Å². The Hall–Kier alpha value is -1.79. The van der Waals surface area contributed by atoms with E-state index in [1.165, 1.54) is 13.3 Å². The summed E-state index contributed by atoms with van der Waals surface area (Å²) in [6, 6.07) is 7.76. The quantitative estimate of drug-likeness (QED) is 0.851. The second-order valence-electron chi connectivity index (χ2n) is 3.86. The number of aromatic nitrogens is 2. The summed E-state index contributed by atoms with van der Waals surface area (Å²) >= 11 is 1.62. The van der Waals surface area contributed by atoms with Crippen LogP contribution in [-0.4, -0.2) is 34.2 Å². The van der Waals surface area contributed by atoms with E-state index in [9.17, 15) is 4.79 Å². The van der Waals surface area contributed by atoms with Crippen LogP contribution >= 0.6 is 11.8 Å². The van der Waals surface area contributed by atoms with Gasteiger partial charge in [-0.1, -0.05) is 6.07 Å². The fourth-order valence-corrected chi connectivity index (χ4v) is 2.25. The first-order valence-corrected chi connectivity index (χ1v) is 6.83. The Bertz CT molecular complexity index is 595. The lowest BCUT2D eigenvalue weighted by atomic mass is 10.2. The highest BCUT2D eigenvalue weighted by Gasteiger charge is 2.17. The molecule has 0 bridgehead atoms. The zero-order chi connectivity index (χ0) is 13.8. The van der Waals surface area contributed by atoms with Gasteiger partial charge in [-0.3, -0.25) is 0 Å². The fraction of sp³-hybridized carbons (Fsp3) is 0.231. The summed E-state index contributed by atoms with van der Waals surface area (Å²) in [6.07, 6.45) is 3.34. The number of carboxylic acids is 1. The minimum atomic E-state index is -1.00. The van der Waals surface area contributed by atoms with Crippen LogP contribution in [0.25, 0.3) is 5.69 Å². The van der Waals surface area contributed by atoms with Crippen LogP contribution in [0.3, 0.4) is 0 Å². The maximum absolute atomic E-state index is 11.2. The van der Waals surface area contributed by atoms with Gasteiger partial charge in [0.2, 0.25) is 0 Å². The third-order valence-electron chi connectivity index (χ3n) is 2.68. The predicted molar refractivity (Wildman–Crippen MR) is 73.0 cm³/mol. The van der Waals surface area contributed by atoms with Crippen LogP contribution in [0.15, 0.2) is 35.4 Å². The third-order valence-corrected chi connectivity index (χ3v) is 3.40. The van der Waals surface area contributed by atoms with Crippen molar-refractivity contribution in [2.24, 2.45) is 0 Å². The summed E-state index contributed by atoms with van der Waals surface area (Å²) in [5.74, 6) is -1.00. The number of methoxy groups -OCH3 is 1. The SMILES string of the molecule is COCc1c(C(=O)O)cnn1-c1cccc(SC)c1. The lowest BCUT2D eigenvalue weighted by Gasteiger charge is -2.08. The fourth-order valence-electron chi connectivity index (χ4n) is 1.79. The average Bonchev–Trinajstić information content (AvgIpc) is 2.83. The Morgan fingerprint density at radius 2 is 2.32 bits per heavy atom. The summed E-state index contributed by atoms with van der Waals surface area (Å²) in [5.41, 5.74) is 1.52. The van der Waals surface area contributed by atoms with E-state index in [2.05, 4.69) is 5.10 Å². The second-order valence-corrected chi connectivity index (χ2v) is 4.74. The molecule has 1 aromatic carbocycles. The van der Waals surface area contributed by atoms with Gasteiger partial charge in [-0.2, -0.15) is 5.10 Å². The van der Waals surface area contributed by atoms with E-state index in [4.69, 9.17) is 9.84 Å². The number of ether oxygens (including phenoxy) is 1. The molecular formula is C13H14N2O3S. The van der Waals surface area contributed by atoms with Crippen LogP contribution in [0.5, 0.6) is 0 Å². The van der Waals surface area contributed by atoms with Gasteiger partial charge in [0.1, 0.15) is 5.56 Å². The van der Waals surface area contributed by atoms with E-state index in [-0.39, 0.29) is 12.2 Å². The molecule has 1 aromatic heterocycles. The molecule has 0 fully saturated rings. The summed E-state index contributed by atoms with van der Waals surface area (Å²) in [4.78, 5) is 12.2. The Morgan fingerprint density at radius 3 is 2.95 bits per heavy atom. The number of aromatic carboxylic acids is 1. The first-order valence-electron chi connectivity index (χ1n) is 5.61.